The highest BCUT2D eigenvalue weighted by Gasteiger charge is 2.14. The fourth-order valence-corrected chi connectivity index (χ4v) is 1.80. The third-order valence-electron chi connectivity index (χ3n) is 2.98. The van der Waals surface area contributed by atoms with E-state index in [4.69, 9.17) is 14.4 Å². The number of aryl methyl sites for hydroxylation is 2. The molecule has 0 fully saturated rings. The smallest absolute Gasteiger partial charge is 0.354 e. The van der Waals surface area contributed by atoms with E-state index in [0.29, 0.717) is 5.76 Å². The second kappa shape index (κ2) is 6.23. The minimum absolute atomic E-state index is 0.00625. The molecule has 0 saturated carbocycles. The molecule has 0 unspecified atom stereocenters. The third kappa shape index (κ3) is 3.17. The van der Waals surface area contributed by atoms with Crippen molar-refractivity contribution >= 4 is 5.97 Å². The van der Waals surface area contributed by atoms with E-state index in [1.807, 2.05) is 6.92 Å². The van der Waals surface area contributed by atoms with E-state index in [1.165, 1.54) is 6.07 Å². The molecule has 7 nitrogen and oxygen atoms in total. The van der Waals surface area contributed by atoms with E-state index < -0.39 is 5.97 Å². The van der Waals surface area contributed by atoms with Gasteiger partial charge in [-0.3, -0.25) is 5.10 Å². The van der Waals surface area contributed by atoms with Gasteiger partial charge in [0.25, 0.3) is 0 Å². The maximum Gasteiger partial charge on any atom is 0.354 e. The van der Waals surface area contributed by atoms with Crippen LogP contribution >= 0.6 is 0 Å². The molecule has 0 saturated heterocycles. The molecule has 0 spiro atoms. The summed E-state index contributed by atoms with van der Waals surface area (Å²) >= 11 is 0. The molecular weight excluding hydrogens is 262 g/mol. The molecular formula is C13H17N3O4. The number of nitrogens with zero attached hydrogens (tertiary/aromatic N) is 2. The predicted molar refractivity (Wildman–Crippen MR) is 69.7 cm³/mol. The van der Waals surface area contributed by atoms with Gasteiger partial charge in [-0.25, -0.2) is 4.79 Å². The Labute approximate surface area is 115 Å². The van der Waals surface area contributed by atoms with Crippen molar-refractivity contribution in [1.82, 2.24) is 15.4 Å². The molecule has 108 valence electrons. The Morgan fingerprint density at radius 2 is 2.35 bits per heavy atom. The van der Waals surface area contributed by atoms with Crippen LogP contribution in [0.25, 0.3) is 0 Å². The Hall–Kier alpha value is -2.31. The number of ether oxygens (including phenoxy) is 1. The van der Waals surface area contributed by atoms with Crippen LogP contribution in [0.1, 0.15) is 47.3 Å². The number of hydrogen-bond donors (Lipinski definition) is 2. The first-order chi connectivity index (χ1) is 9.61. The summed E-state index contributed by atoms with van der Waals surface area (Å²) in [6.07, 6.45) is 2.95. The summed E-state index contributed by atoms with van der Waals surface area (Å²) in [6, 6.07) is 1.34. The van der Waals surface area contributed by atoms with Gasteiger partial charge in [-0.2, -0.15) is 0 Å². The number of aromatic amines is 1. The van der Waals surface area contributed by atoms with E-state index in [0.717, 1.165) is 30.5 Å². The molecule has 0 aromatic carbocycles. The number of unbranched alkanes of at least 4 members (excludes halogenated alkanes) is 1. The molecule has 0 atom stereocenters. The molecule has 20 heavy (non-hydrogen) atoms. The van der Waals surface area contributed by atoms with Crippen LogP contribution in [0.5, 0.6) is 5.88 Å². The lowest BCUT2D eigenvalue weighted by molar-refractivity contribution is 0.0690. The maximum atomic E-state index is 10.7. The summed E-state index contributed by atoms with van der Waals surface area (Å²) in [7, 11) is 0. The normalized spacial score (nSPS) is 10.7. The first kappa shape index (κ1) is 14.1. The molecule has 7 heteroatoms. The predicted octanol–water partition coefficient (Wildman–Crippen LogP) is 2.33. The van der Waals surface area contributed by atoms with Crippen molar-refractivity contribution in [3.63, 3.8) is 0 Å². The molecule has 2 rings (SSSR count). The quantitative estimate of drug-likeness (QED) is 0.806. The number of carboxylic acid groups (broad SMARTS) is 1. The zero-order valence-corrected chi connectivity index (χ0v) is 11.5. The lowest BCUT2D eigenvalue weighted by Crippen LogP contribution is -2.00. The Balaban J connectivity index is 2.02. The van der Waals surface area contributed by atoms with Crippen LogP contribution in [0, 0.1) is 6.92 Å². The summed E-state index contributed by atoms with van der Waals surface area (Å²) in [4.78, 5) is 10.7. The van der Waals surface area contributed by atoms with Gasteiger partial charge in [-0.1, -0.05) is 18.5 Å². The zero-order chi connectivity index (χ0) is 14.5. The van der Waals surface area contributed by atoms with E-state index in [9.17, 15) is 4.79 Å². The third-order valence-corrected chi connectivity index (χ3v) is 2.98. The highest BCUT2D eigenvalue weighted by Crippen LogP contribution is 2.18. The van der Waals surface area contributed by atoms with Crippen molar-refractivity contribution in [2.24, 2.45) is 0 Å². The lowest BCUT2D eigenvalue weighted by atomic mass is 10.1. The summed E-state index contributed by atoms with van der Waals surface area (Å²) in [6.45, 7) is 4.20. The second-order valence-corrected chi connectivity index (χ2v) is 4.48. The maximum absolute atomic E-state index is 10.7. The Morgan fingerprint density at radius 3 is 3.00 bits per heavy atom. The van der Waals surface area contributed by atoms with Gasteiger partial charge in [0.1, 0.15) is 18.1 Å². The van der Waals surface area contributed by atoms with Crippen molar-refractivity contribution in [3.05, 3.63) is 28.8 Å². The van der Waals surface area contributed by atoms with Crippen LogP contribution in [0.4, 0.5) is 0 Å². The van der Waals surface area contributed by atoms with Crippen molar-refractivity contribution in [3.8, 4) is 5.88 Å². The van der Waals surface area contributed by atoms with Crippen molar-refractivity contribution in [2.45, 2.75) is 39.7 Å². The van der Waals surface area contributed by atoms with Crippen LogP contribution in [-0.4, -0.2) is 26.4 Å². The molecule has 2 aromatic rings. The van der Waals surface area contributed by atoms with Gasteiger partial charge in [0.05, 0.1) is 11.3 Å². The van der Waals surface area contributed by atoms with E-state index >= 15 is 0 Å². The molecule has 0 amide bonds. The average Bonchev–Trinajstić information content (AvgIpc) is 3.01. The number of hydrogen-bond acceptors (Lipinski definition) is 5. The van der Waals surface area contributed by atoms with Crippen LogP contribution in [0.3, 0.4) is 0 Å². The molecule has 0 radical (unpaired) electrons. The Bertz CT molecular complexity index is 588. The highest BCUT2D eigenvalue weighted by molar-refractivity contribution is 5.85. The molecule has 2 aromatic heterocycles. The molecule has 0 bridgehead atoms. The average molecular weight is 279 g/mol. The second-order valence-electron chi connectivity index (χ2n) is 4.48. The van der Waals surface area contributed by atoms with E-state index in [1.54, 1.807) is 0 Å². The lowest BCUT2D eigenvalue weighted by Gasteiger charge is -2.03. The highest BCUT2D eigenvalue weighted by atomic mass is 16.5. The van der Waals surface area contributed by atoms with Gasteiger partial charge in [0.15, 0.2) is 0 Å². The summed E-state index contributed by atoms with van der Waals surface area (Å²) in [5, 5.41) is 19.0. The first-order valence-corrected chi connectivity index (χ1v) is 6.47. The topological polar surface area (TPSA) is 101 Å². The number of H-pyrrole nitrogens is 1. The van der Waals surface area contributed by atoms with Gasteiger partial charge in [0, 0.05) is 6.07 Å². The number of aromatic carboxylic acids is 1. The minimum Gasteiger partial charge on any atom is -0.477 e. The first-order valence-electron chi connectivity index (χ1n) is 6.47. The van der Waals surface area contributed by atoms with E-state index in [2.05, 4.69) is 22.3 Å². The van der Waals surface area contributed by atoms with Gasteiger partial charge in [-0.05, 0) is 19.8 Å². The minimum atomic E-state index is -1.07. The summed E-state index contributed by atoms with van der Waals surface area (Å²) in [5.41, 5.74) is 1.78. The molecule has 2 heterocycles. The Kier molecular flexibility index (Phi) is 4.39. The van der Waals surface area contributed by atoms with Crippen LogP contribution < -0.4 is 4.74 Å². The SMILES string of the molecule is CCCCc1noc(C)c1COc1cc(C(=O)O)[nH]n1. The van der Waals surface area contributed by atoms with Crippen molar-refractivity contribution in [1.29, 1.82) is 0 Å². The fraction of sp³-hybridized carbons (Fsp3) is 0.462. The van der Waals surface area contributed by atoms with E-state index in [-0.39, 0.29) is 18.2 Å². The largest absolute Gasteiger partial charge is 0.477 e. The monoisotopic (exact) mass is 279 g/mol. The number of rotatable bonds is 7. The summed E-state index contributed by atoms with van der Waals surface area (Å²) < 4.78 is 10.6. The van der Waals surface area contributed by atoms with Crippen LogP contribution in [-0.2, 0) is 13.0 Å². The van der Waals surface area contributed by atoms with Gasteiger partial charge < -0.3 is 14.4 Å². The standard InChI is InChI=1S/C13H17N3O4/c1-3-4-5-10-9(8(2)20-16-10)7-19-12-6-11(13(17)18)14-15-12/h6H,3-5,7H2,1-2H3,(H,14,15)(H,17,18). The molecule has 2 N–H and O–H groups in total. The fourth-order valence-electron chi connectivity index (χ4n) is 1.80. The van der Waals surface area contributed by atoms with Crippen LogP contribution in [0.2, 0.25) is 0 Å². The molecule has 0 aliphatic heterocycles. The number of carbonyl (C=O) groups is 1. The zero-order valence-electron chi connectivity index (χ0n) is 11.5. The van der Waals surface area contributed by atoms with Crippen molar-refractivity contribution < 1.29 is 19.2 Å². The number of nitrogens with one attached hydrogen (secondary N) is 1. The molecule has 0 aliphatic carbocycles. The number of carboxylic acids is 1. The van der Waals surface area contributed by atoms with Crippen molar-refractivity contribution in [2.75, 3.05) is 0 Å². The molecule has 0 aliphatic rings. The van der Waals surface area contributed by atoms with Crippen LogP contribution in [0.15, 0.2) is 10.6 Å². The Morgan fingerprint density at radius 1 is 1.55 bits per heavy atom. The van der Waals surface area contributed by atoms with Gasteiger partial charge in [0.2, 0.25) is 5.88 Å². The van der Waals surface area contributed by atoms with Gasteiger partial charge >= 0.3 is 5.97 Å². The van der Waals surface area contributed by atoms with Gasteiger partial charge in [-0.15, -0.1) is 5.10 Å². The number of aromatic nitrogens is 3. The summed E-state index contributed by atoms with van der Waals surface area (Å²) in [5.74, 6) is -0.119.